The van der Waals surface area contributed by atoms with Gasteiger partial charge < -0.3 is 20.2 Å². The van der Waals surface area contributed by atoms with E-state index >= 15 is 0 Å². The monoisotopic (exact) mass is 491 g/mol. The van der Waals surface area contributed by atoms with Crippen LogP contribution in [-0.4, -0.2) is 64.5 Å². The largest absolute Gasteiger partial charge is 0.508 e. The van der Waals surface area contributed by atoms with Gasteiger partial charge in [0.2, 0.25) is 11.8 Å². The van der Waals surface area contributed by atoms with Crippen molar-refractivity contribution in [3.05, 3.63) is 65.7 Å². The number of amides is 2. The number of rotatable bonds is 11. The van der Waals surface area contributed by atoms with Crippen molar-refractivity contribution in [2.45, 2.75) is 76.3 Å². The zero-order chi connectivity index (χ0) is 25.4. The van der Waals surface area contributed by atoms with Gasteiger partial charge in [0.25, 0.3) is 0 Å². The summed E-state index contributed by atoms with van der Waals surface area (Å²) < 4.78 is 0. The number of hydrogen-bond donors (Lipinski definition) is 2. The maximum Gasteiger partial charge on any atom is 0.246 e. The first-order chi connectivity index (χ1) is 17.5. The molecule has 2 saturated heterocycles. The van der Waals surface area contributed by atoms with Crippen molar-refractivity contribution in [3.8, 4) is 5.75 Å². The van der Waals surface area contributed by atoms with Gasteiger partial charge in [-0.25, -0.2) is 0 Å². The number of nitrogens with one attached hydrogen (secondary N) is 1. The van der Waals surface area contributed by atoms with Gasteiger partial charge in [-0.2, -0.15) is 0 Å². The summed E-state index contributed by atoms with van der Waals surface area (Å²) in [6, 6.07) is 17.0. The van der Waals surface area contributed by atoms with E-state index in [1.165, 1.54) is 31.2 Å². The van der Waals surface area contributed by atoms with Crippen molar-refractivity contribution in [1.82, 2.24) is 15.1 Å². The molecule has 2 amide bonds. The van der Waals surface area contributed by atoms with Gasteiger partial charge in [0.15, 0.2) is 0 Å². The molecule has 1 spiro atoms. The predicted octanol–water partition coefficient (Wildman–Crippen LogP) is 4.31. The number of nitrogens with zero attached hydrogens (tertiary/aromatic N) is 2. The number of piperazine rings is 1. The molecule has 0 bridgehead atoms. The normalized spacial score (nSPS) is 20.0. The van der Waals surface area contributed by atoms with E-state index in [4.69, 9.17) is 0 Å². The van der Waals surface area contributed by atoms with Gasteiger partial charge in [0.1, 0.15) is 17.3 Å². The number of aromatic hydroxyl groups is 1. The molecular weight excluding hydrogens is 450 g/mol. The van der Waals surface area contributed by atoms with Gasteiger partial charge in [0, 0.05) is 26.1 Å². The summed E-state index contributed by atoms with van der Waals surface area (Å²) in [5, 5.41) is 12.6. The van der Waals surface area contributed by atoms with Gasteiger partial charge in [-0.15, -0.1) is 0 Å². The summed E-state index contributed by atoms with van der Waals surface area (Å²) in [6.45, 7) is 5.45. The summed E-state index contributed by atoms with van der Waals surface area (Å²) in [4.78, 5) is 31.3. The lowest BCUT2D eigenvalue weighted by molar-refractivity contribution is -0.161. The molecule has 2 heterocycles. The Morgan fingerprint density at radius 2 is 1.58 bits per heavy atom. The molecular formula is C30H41N3O3. The maximum atomic E-state index is 13.5. The number of hydrogen-bond acceptors (Lipinski definition) is 4. The van der Waals surface area contributed by atoms with Gasteiger partial charge >= 0.3 is 0 Å². The Labute approximate surface area is 215 Å². The van der Waals surface area contributed by atoms with E-state index in [0.29, 0.717) is 25.8 Å². The van der Waals surface area contributed by atoms with E-state index in [2.05, 4.69) is 47.5 Å². The molecule has 2 N–H and O–H groups in total. The molecule has 0 radical (unpaired) electrons. The van der Waals surface area contributed by atoms with Gasteiger partial charge in [-0.1, -0.05) is 62.2 Å². The molecule has 0 unspecified atom stereocenters. The molecule has 6 heteroatoms. The Hall–Kier alpha value is -2.86. The molecule has 0 saturated carbocycles. The van der Waals surface area contributed by atoms with Crippen LogP contribution >= 0.6 is 0 Å². The molecule has 2 fully saturated rings. The lowest BCUT2D eigenvalue weighted by Gasteiger charge is -2.51. The summed E-state index contributed by atoms with van der Waals surface area (Å²) in [5.74, 6) is 0.222. The van der Waals surface area contributed by atoms with E-state index < -0.39 is 11.6 Å². The molecule has 2 aliphatic rings. The van der Waals surface area contributed by atoms with Crippen LogP contribution < -0.4 is 5.32 Å². The molecule has 1 atom stereocenters. The van der Waals surface area contributed by atoms with Crippen molar-refractivity contribution >= 4 is 11.8 Å². The lowest BCUT2D eigenvalue weighted by Crippen LogP contribution is -2.73. The number of unbranched alkanes of at least 4 members (excludes halogenated alkanes) is 3. The van der Waals surface area contributed by atoms with Crippen LogP contribution in [0.25, 0.3) is 0 Å². The van der Waals surface area contributed by atoms with Crippen LogP contribution in [0.2, 0.25) is 0 Å². The lowest BCUT2D eigenvalue weighted by atomic mass is 9.81. The molecule has 6 nitrogen and oxygen atoms in total. The van der Waals surface area contributed by atoms with E-state index in [9.17, 15) is 14.7 Å². The number of likely N-dealkylation sites (tertiary alicyclic amines) is 1. The highest BCUT2D eigenvalue weighted by Crippen LogP contribution is 2.34. The number of phenols is 1. The first-order valence-corrected chi connectivity index (χ1v) is 13.7. The van der Waals surface area contributed by atoms with Gasteiger partial charge in [0.05, 0.1) is 0 Å². The average Bonchev–Trinajstić information content (AvgIpc) is 2.90. The fraction of sp³-hybridized carbons (Fsp3) is 0.533. The van der Waals surface area contributed by atoms with E-state index in [0.717, 1.165) is 38.0 Å². The van der Waals surface area contributed by atoms with Gasteiger partial charge in [-0.3, -0.25) is 9.59 Å². The number of piperidine rings is 1. The van der Waals surface area contributed by atoms with Crippen LogP contribution in [0, 0.1) is 0 Å². The smallest absolute Gasteiger partial charge is 0.246 e. The molecule has 194 valence electrons. The Kier molecular flexibility index (Phi) is 9.03. The second kappa shape index (κ2) is 12.4. The van der Waals surface area contributed by atoms with E-state index in [1.54, 1.807) is 12.1 Å². The summed E-state index contributed by atoms with van der Waals surface area (Å²) in [5.41, 5.74) is 1.63. The topological polar surface area (TPSA) is 72.9 Å². The highest BCUT2D eigenvalue weighted by Gasteiger charge is 2.53. The number of aryl methyl sites for hydroxylation is 1. The molecule has 2 aliphatic heterocycles. The molecule has 2 aromatic rings. The van der Waals surface area contributed by atoms with E-state index in [-0.39, 0.29) is 17.6 Å². The van der Waals surface area contributed by atoms with Crippen molar-refractivity contribution in [2.75, 3.05) is 26.2 Å². The van der Waals surface area contributed by atoms with Crippen LogP contribution in [0.15, 0.2) is 54.6 Å². The van der Waals surface area contributed by atoms with Crippen LogP contribution in [0.4, 0.5) is 0 Å². The molecule has 4 rings (SSSR count). The average molecular weight is 492 g/mol. The summed E-state index contributed by atoms with van der Waals surface area (Å²) in [7, 11) is 0. The molecule has 2 aromatic carbocycles. The third kappa shape index (κ3) is 6.28. The zero-order valence-electron chi connectivity index (χ0n) is 21.6. The van der Waals surface area contributed by atoms with E-state index in [1.807, 2.05) is 17.0 Å². The highest BCUT2D eigenvalue weighted by atomic mass is 16.3. The number of carbonyl (C=O) groups is 2. The number of carbonyl (C=O) groups excluding carboxylic acids is 2. The minimum Gasteiger partial charge on any atom is -0.508 e. The quantitative estimate of drug-likeness (QED) is 0.460. The zero-order valence-corrected chi connectivity index (χ0v) is 21.6. The number of phenolic OH excluding ortho intramolecular Hbond substituents is 1. The van der Waals surface area contributed by atoms with Crippen LogP contribution in [0.5, 0.6) is 5.75 Å². The fourth-order valence-electron chi connectivity index (χ4n) is 5.74. The van der Waals surface area contributed by atoms with Crippen molar-refractivity contribution < 1.29 is 14.7 Å². The standard InChI is InChI=1S/C30H41N3O3/c1-2-19-33-28(35)27(23-25-13-15-26(34)16-14-25)31-29(36)30(33)17-21-32(22-18-30)20-9-4-3-6-10-24-11-7-5-8-12-24/h5,7-8,11-16,27,34H,2-4,6,9-10,17-23H2,1H3,(H,31,36)/t27-/m1/s1. The molecule has 0 aromatic heterocycles. The highest BCUT2D eigenvalue weighted by molar-refractivity contribution is 6.00. The van der Waals surface area contributed by atoms with Crippen molar-refractivity contribution in [1.29, 1.82) is 0 Å². The minimum absolute atomic E-state index is 0.000102. The molecule has 0 aliphatic carbocycles. The first-order valence-electron chi connectivity index (χ1n) is 13.7. The van der Waals surface area contributed by atoms with Crippen LogP contribution in [-0.2, 0) is 22.4 Å². The van der Waals surface area contributed by atoms with Crippen molar-refractivity contribution in [2.24, 2.45) is 0 Å². The summed E-state index contributed by atoms with van der Waals surface area (Å²) in [6.07, 6.45) is 8.71. The van der Waals surface area contributed by atoms with Crippen LogP contribution in [0.1, 0.15) is 63.0 Å². The van der Waals surface area contributed by atoms with Crippen LogP contribution in [0.3, 0.4) is 0 Å². The summed E-state index contributed by atoms with van der Waals surface area (Å²) >= 11 is 0. The molecule has 36 heavy (non-hydrogen) atoms. The minimum atomic E-state index is -0.718. The second-order valence-corrected chi connectivity index (χ2v) is 10.4. The maximum absolute atomic E-state index is 13.5. The third-order valence-corrected chi connectivity index (χ3v) is 7.85. The van der Waals surface area contributed by atoms with Gasteiger partial charge in [-0.05, 0) is 68.3 Å². The SMILES string of the molecule is CCCN1C(=O)[C@@H](Cc2ccc(O)cc2)NC(=O)C12CCN(CCCCCCc1ccccc1)CC2. The number of benzene rings is 2. The predicted molar refractivity (Wildman–Crippen MR) is 143 cm³/mol. The van der Waals surface area contributed by atoms with Crippen molar-refractivity contribution in [3.63, 3.8) is 0 Å². The third-order valence-electron chi connectivity index (χ3n) is 7.85. The fourth-order valence-corrected chi connectivity index (χ4v) is 5.74. The Balaban J connectivity index is 1.26. The Bertz CT molecular complexity index is 984. The second-order valence-electron chi connectivity index (χ2n) is 10.4. The Morgan fingerprint density at radius 1 is 0.889 bits per heavy atom. The Morgan fingerprint density at radius 3 is 2.28 bits per heavy atom. The first kappa shape index (κ1) is 26.2.